The van der Waals surface area contributed by atoms with Crippen LogP contribution in [0.4, 0.5) is 0 Å². The Morgan fingerprint density at radius 3 is 1.37 bits per heavy atom. The average molecular weight is 826 g/mol. The highest BCUT2D eigenvalue weighted by molar-refractivity contribution is 6.11. The Labute approximate surface area is 376 Å². The molecule has 0 bridgehead atoms. The van der Waals surface area contributed by atoms with Crippen LogP contribution in [0.25, 0.3) is 127 Å². The summed E-state index contributed by atoms with van der Waals surface area (Å²) in [5.74, 6) is 0.701. The lowest BCUT2D eigenvalue weighted by Gasteiger charge is -2.15. The molecule has 13 aromatic rings. The third-order valence-corrected chi connectivity index (χ3v) is 13.2. The monoisotopic (exact) mass is 825 g/mol. The lowest BCUT2D eigenvalue weighted by atomic mass is 9.90. The predicted molar refractivity (Wildman–Crippen MR) is 274 cm³/mol. The summed E-state index contributed by atoms with van der Waals surface area (Å²) in [6.45, 7) is 0. The summed E-state index contributed by atoms with van der Waals surface area (Å²) in [7, 11) is 0. The lowest BCUT2D eigenvalue weighted by molar-refractivity contribution is 1.17. The third-order valence-electron chi connectivity index (χ3n) is 13.2. The first-order valence-electron chi connectivity index (χ1n) is 22.2. The second-order valence-electron chi connectivity index (χ2n) is 16.9. The fourth-order valence-corrected chi connectivity index (χ4v) is 10.1. The van der Waals surface area contributed by atoms with Gasteiger partial charge in [0.2, 0.25) is 0 Å². The van der Waals surface area contributed by atoms with E-state index in [9.17, 15) is 0 Å². The van der Waals surface area contributed by atoms with E-state index in [0.29, 0.717) is 5.82 Å². The van der Waals surface area contributed by atoms with Crippen molar-refractivity contribution in [3.8, 4) is 61.7 Å². The van der Waals surface area contributed by atoms with Crippen molar-refractivity contribution in [3.05, 3.63) is 237 Å². The van der Waals surface area contributed by atoms with Gasteiger partial charge in [-0.25, -0.2) is 9.97 Å². The summed E-state index contributed by atoms with van der Waals surface area (Å²) >= 11 is 0. The minimum Gasteiger partial charge on any atom is -0.309 e. The smallest absolute Gasteiger partial charge is 0.160 e. The molecule has 0 aliphatic carbocycles. The fourth-order valence-electron chi connectivity index (χ4n) is 10.1. The molecule has 0 fully saturated rings. The van der Waals surface area contributed by atoms with Crippen LogP contribution in [0, 0.1) is 0 Å². The van der Waals surface area contributed by atoms with E-state index in [0.717, 1.165) is 49.7 Å². The Bertz CT molecular complexity index is 3910. The second-order valence-corrected chi connectivity index (χ2v) is 16.9. The van der Waals surface area contributed by atoms with Gasteiger partial charge in [-0.05, 0) is 103 Å². The number of benzene rings is 11. The minimum atomic E-state index is 0.701. The number of hydrogen-bond acceptors (Lipinski definition) is 2. The van der Waals surface area contributed by atoms with Crippen LogP contribution in [0.2, 0.25) is 0 Å². The zero-order valence-corrected chi connectivity index (χ0v) is 35.4. The molecule has 0 saturated heterocycles. The van der Waals surface area contributed by atoms with E-state index < -0.39 is 0 Å². The Balaban J connectivity index is 0.898. The van der Waals surface area contributed by atoms with Crippen molar-refractivity contribution in [2.45, 2.75) is 0 Å². The van der Waals surface area contributed by atoms with Gasteiger partial charge in [0.05, 0.1) is 22.2 Å². The highest BCUT2D eigenvalue weighted by atomic mass is 15.0. The summed E-state index contributed by atoms with van der Waals surface area (Å²) in [6.07, 6.45) is 0. The van der Waals surface area contributed by atoms with Crippen LogP contribution in [0.15, 0.2) is 237 Å². The SMILES string of the molecule is c1ccc2c(-c3ccc(-c4cccc5cccc(-c6ccc(-c7nc(-c8ccc(-n9c%10ccccc%10c%10ccccc%109)cc8)nc8c7ccc7ccccc78)cc6)c45)cc3)cccc2c1. The van der Waals surface area contributed by atoms with E-state index in [1.165, 1.54) is 71.2 Å². The molecule has 0 radical (unpaired) electrons. The largest absolute Gasteiger partial charge is 0.309 e. The summed E-state index contributed by atoms with van der Waals surface area (Å²) in [5, 5.41) is 10.8. The van der Waals surface area contributed by atoms with E-state index in [4.69, 9.17) is 9.97 Å². The molecule has 0 saturated carbocycles. The van der Waals surface area contributed by atoms with E-state index >= 15 is 0 Å². The van der Waals surface area contributed by atoms with Gasteiger partial charge in [-0.3, -0.25) is 0 Å². The zero-order valence-electron chi connectivity index (χ0n) is 35.4. The second kappa shape index (κ2) is 15.0. The van der Waals surface area contributed by atoms with Gasteiger partial charge >= 0.3 is 0 Å². The van der Waals surface area contributed by atoms with E-state index in [2.05, 4.69) is 241 Å². The first kappa shape index (κ1) is 36.9. The van der Waals surface area contributed by atoms with Gasteiger partial charge in [-0.1, -0.05) is 194 Å². The van der Waals surface area contributed by atoms with Gasteiger partial charge in [-0.15, -0.1) is 0 Å². The van der Waals surface area contributed by atoms with Gasteiger partial charge in [0, 0.05) is 38.4 Å². The molecular formula is C62H39N3. The van der Waals surface area contributed by atoms with E-state index in [-0.39, 0.29) is 0 Å². The topological polar surface area (TPSA) is 30.7 Å². The minimum absolute atomic E-state index is 0.701. The molecule has 0 spiro atoms. The van der Waals surface area contributed by atoms with Crippen molar-refractivity contribution >= 4 is 65.0 Å². The Morgan fingerprint density at radius 2 is 0.738 bits per heavy atom. The van der Waals surface area contributed by atoms with Crippen molar-refractivity contribution < 1.29 is 0 Å². The van der Waals surface area contributed by atoms with Gasteiger partial charge in [0.1, 0.15) is 0 Å². The molecule has 0 atom stereocenters. The van der Waals surface area contributed by atoms with Gasteiger partial charge in [-0.2, -0.15) is 0 Å². The van der Waals surface area contributed by atoms with Gasteiger partial charge in [0.25, 0.3) is 0 Å². The van der Waals surface area contributed by atoms with Crippen LogP contribution in [-0.4, -0.2) is 14.5 Å². The van der Waals surface area contributed by atoms with Crippen molar-refractivity contribution in [2.75, 3.05) is 0 Å². The lowest BCUT2D eigenvalue weighted by Crippen LogP contribution is -1.97. The normalized spacial score (nSPS) is 11.7. The quantitative estimate of drug-likeness (QED) is 0.156. The number of para-hydroxylation sites is 2. The summed E-state index contributed by atoms with van der Waals surface area (Å²) in [5.41, 5.74) is 14.6. The number of hydrogen-bond donors (Lipinski definition) is 0. The van der Waals surface area contributed by atoms with Crippen LogP contribution in [0.3, 0.4) is 0 Å². The molecule has 0 unspecified atom stereocenters. The van der Waals surface area contributed by atoms with Gasteiger partial charge in [0.15, 0.2) is 5.82 Å². The Morgan fingerprint density at radius 1 is 0.277 bits per heavy atom. The van der Waals surface area contributed by atoms with Crippen molar-refractivity contribution in [3.63, 3.8) is 0 Å². The molecule has 0 aliphatic rings. The molecule has 65 heavy (non-hydrogen) atoms. The third kappa shape index (κ3) is 6.12. The number of aromatic nitrogens is 3. The Hall–Kier alpha value is -8.66. The molecule has 0 aliphatic heterocycles. The van der Waals surface area contributed by atoms with E-state index in [1.54, 1.807) is 0 Å². The molecule has 11 aromatic carbocycles. The Kier molecular flexibility index (Phi) is 8.53. The number of fused-ring (bicyclic) bond motifs is 8. The maximum atomic E-state index is 5.37. The zero-order chi connectivity index (χ0) is 42.8. The first-order valence-corrected chi connectivity index (χ1v) is 22.2. The van der Waals surface area contributed by atoms with Crippen LogP contribution < -0.4 is 0 Å². The van der Waals surface area contributed by atoms with Crippen LogP contribution in [-0.2, 0) is 0 Å². The summed E-state index contributed by atoms with van der Waals surface area (Å²) in [6, 6.07) is 85.3. The predicted octanol–water partition coefficient (Wildman–Crippen LogP) is 16.5. The van der Waals surface area contributed by atoms with Crippen molar-refractivity contribution in [1.29, 1.82) is 0 Å². The standard InChI is InChI=1S/C62H39N3/c1-3-17-49-40(12-1)14-9-21-50(49)42-26-28-43(29-27-42)51-22-10-15-45-16-11-23-52(59(45)51)44-30-32-46(33-31-44)60-56-39-36-41-13-2-4-18-53(41)61(56)64-62(63-60)47-34-37-48(38-35-47)65-57-24-7-5-19-54(57)55-20-6-8-25-58(55)65/h1-39H. The number of rotatable bonds is 6. The first-order chi connectivity index (χ1) is 32.2. The summed E-state index contributed by atoms with van der Waals surface area (Å²) < 4.78 is 2.35. The van der Waals surface area contributed by atoms with Crippen LogP contribution in [0.1, 0.15) is 0 Å². The van der Waals surface area contributed by atoms with Gasteiger partial charge < -0.3 is 4.57 Å². The summed E-state index contributed by atoms with van der Waals surface area (Å²) in [4.78, 5) is 10.7. The molecule has 13 rings (SSSR count). The van der Waals surface area contributed by atoms with E-state index in [1.807, 2.05) is 0 Å². The van der Waals surface area contributed by atoms with Crippen LogP contribution >= 0.6 is 0 Å². The molecule has 0 amide bonds. The number of nitrogens with zero attached hydrogens (tertiary/aromatic N) is 3. The maximum absolute atomic E-state index is 5.37. The molecule has 0 N–H and O–H groups in total. The highest BCUT2D eigenvalue weighted by Crippen LogP contribution is 2.40. The molecule has 3 heteroatoms. The average Bonchev–Trinajstić information content (AvgIpc) is 3.72. The molecular weight excluding hydrogens is 787 g/mol. The molecule has 302 valence electrons. The fraction of sp³-hybridized carbons (Fsp3) is 0. The highest BCUT2D eigenvalue weighted by Gasteiger charge is 2.17. The van der Waals surface area contributed by atoms with Crippen molar-refractivity contribution in [1.82, 2.24) is 14.5 Å². The van der Waals surface area contributed by atoms with Crippen LogP contribution in [0.5, 0.6) is 0 Å². The maximum Gasteiger partial charge on any atom is 0.160 e. The van der Waals surface area contributed by atoms with Crippen molar-refractivity contribution in [2.24, 2.45) is 0 Å². The molecule has 3 nitrogen and oxygen atoms in total. The molecule has 2 heterocycles. The molecule has 2 aromatic heterocycles.